The number of carbonyl (C=O) groups excluding carboxylic acids is 2. The monoisotopic (exact) mass is 555 g/mol. The summed E-state index contributed by atoms with van der Waals surface area (Å²) in [4.78, 5) is 30.1. The Labute approximate surface area is 232 Å². The van der Waals surface area contributed by atoms with E-state index in [0.29, 0.717) is 16.1 Å². The Bertz CT molecular complexity index is 1920. The molecule has 5 aromatic rings. The summed E-state index contributed by atoms with van der Waals surface area (Å²) in [7, 11) is -1.96. The fourth-order valence-electron chi connectivity index (χ4n) is 6.13. The van der Waals surface area contributed by atoms with Crippen molar-refractivity contribution in [3.63, 3.8) is 0 Å². The van der Waals surface area contributed by atoms with Crippen LogP contribution in [0.5, 0.6) is 0 Å². The Morgan fingerprint density at radius 3 is 2.44 bits per heavy atom. The third kappa shape index (κ3) is 3.43. The van der Waals surface area contributed by atoms with E-state index >= 15 is 0 Å². The number of aromatic amines is 1. The molecule has 7 rings (SSSR count). The maximum atomic E-state index is 13.3. The maximum Gasteiger partial charge on any atom is 0.259 e. The Kier molecular flexibility index (Phi) is 5.10. The van der Waals surface area contributed by atoms with Crippen molar-refractivity contribution in [2.45, 2.75) is 57.5 Å². The van der Waals surface area contributed by atoms with Crippen molar-refractivity contribution in [1.82, 2.24) is 14.9 Å². The van der Waals surface area contributed by atoms with Crippen molar-refractivity contribution in [1.29, 1.82) is 0 Å². The fraction of sp³-hybridized carbons (Fsp3) is 0.290. The lowest BCUT2D eigenvalue weighted by Crippen LogP contribution is -2.43. The van der Waals surface area contributed by atoms with Gasteiger partial charge in [-0.3, -0.25) is 14.9 Å². The number of imide groups is 1. The second kappa shape index (κ2) is 8.07. The molecule has 0 radical (unpaired) electrons. The molecule has 0 unspecified atom stereocenters. The van der Waals surface area contributed by atoms with E-state index in [9.17, 15) is 9.59 Å². The number of H-pyrrole nitrogens is 1. The summed E-state index contributed by atoms with van der Waals surface area (Å²) < 4.78 is 9.10. The molecule has 3 aromatic carbocycles. The number of nitrogens with zero attached hydrogens (tertiary/aromatic N) is 1. The number of nitrogens with one attached hydrogen (secondary N) is 2. The summed E-state index contributed by atoms with van der Waals surface area (Å²) in [6.07, 6.45) is 5.24. The first kappa shape index (κ1) is 24.6. The van der Waals surface area contributed by atoms with Gasteiger partial charge in [-0.05, 0) is 36.3 Å². The minimum atomic E-state index is -1.96. The molecule has 2 aliphatic rings. The Morgan fingerprint density at radius 2 is 1.69 bits per heavy atom. The summed E-state index contributed by atoms with van der Waals surface area (Å²) in [5, 5.41) is 6.67. The first-order chi connectivity index (χ1) is 18.5. The highest BCUT2D eigenvalue weighted by Gasteiger charge is 2.41. The van der Waals surface area contributed by atoms with Crippen LogP contribution < -0.4 is 5.32 Å². The van der Waals surface area contributed by atoms with E-state index in [4.69, 9.17) is 16.0 Å². The summed E-state index contributed by atoms with van der Waals surface area (Å²) in [5.41, 5.74) is 4.49. The van der Waals surface area contributed by atoms with Gasteiger partial charge in [-0.2, -0.15) is 0 Å². The first-order valence-electron chi connectivity index (χ1n) is 13.4. The molecule has 2 aromatic heterocycles. The van der Waals surface area contributed by atoms with Gasteiger partial charge in [-0.25, -0.2) is 0 Å². The van der Waals surface area contributed by atoms with E-state index in [1.54, 1.807) is 0 Å². The smallest absolute Gasteiger partial charge is 0.259 e. The Balaban J connectivity index is 1.53. The van der Waals surface area contributed by atoms with Gasteiger partial charge in [0, 0.05) is 44.0 Å². The number of rotatable bonds is 3. The van der Waals surface area contributed by atoms with Gasteiger partial charge in [0.05, 0.1) is 34.3 Å². The predicted molar refractivity (Wildman–Crippen MR) is 160 cm³/mol. The Morgan fingerprint density at radius 1 is 0.974 bits per heavy atom. The van der Waals surface area contributed by atoms with Gasteiger partial charge in [0.1, 0.15) is 0 Å². The molecule has 0 spiro atoms. The largest absolute Gasteiger partial charge is 0.410 e. The lowest BCUT2D eigenvalue weighted by molar-refractivity contribution is 0.0880. The number of carbonyl (C=O) groups is 2. The minimum absolute atomic E-state index is 0.0171. The van der Waals surface area contributed by atoms with Gasteiger partial charge in [0.15, 0.2) is 8.32 Å². The number of hydrogen-bond donors (Lipinski definition) is 2. The van der Waals surface area contributed by atoms with Gasteiger partial charge < -0.3 is 14.0 Å². The molecule has 8 heteroatoms. The van der Waals surface area contributed by atoms with Crippen LogP contribution in [0.25, 0.3) is 43.6 Å². The lowest BCUT2D eigenvalue weighted by Gasteiger charge is -2.38. The van der Waals surface area contributed by atoms with E-state index in [1.165, 1.54) is 0 Å². The zero-order chi connectivity index (χ0) is 27.4. The highest BCUT2D eigenvalue weighted by Crippen LogP contribution is 2.47. The van der Waals surface area contributed by atoms with Crippen LogP contribution in [0.15, 0.2) is 54.6 Å². The molecule has 0 saturated carbocycles. The standard InChI is InChI=1S/C31H30ClN3O3Si/c1-31(2,3)39(4,5)38-18-12-11-17(15-18)35-22-9-7-6-8-20(22)24-26-25(29(36)34-30(26)37)23-19-13-10-16(32)14-21(19)33-27(23)28(24)35/h6-14,17-18,33H,15H2,1-5H3,(H,34,36,37)/t17-,18+/m0/s1. The van der Waals surface area contributed by atoms with Crippen LogP contribution in [0.1, 0.15) is 53.9 Å². The third-order valence-corrected chi connectivity index (χ3v) is 13.7. The molecule has 0 fully saturated rings. The van der Waals surface area contributed by atoms with Gasteiger partial charge in [-0.1, -0.05) is 68.8 Å². The minimum Gasteiger partial charge on any atom is -0.410 e. The molecule has 0 saturated heterocycles. The number of para-hydroxylation sites is 1. The van der Waals surface area contributed by atoms with E-state index in [0.717, 1.165) is 50.0 Å². The van der Waals surface area contributed by atoms with Crippen molar-refractivity contribution >= 4 is 75.3 Å². The van der Waals surface area contributed by atoms with Crippen LogP contribution in [-0.2, 0) is 4.43 Å². The van der Waals surface area contributed by atoms with E-state index in [1.807, 2.05) is 36.4 Å². The topological polar surface area (TPSA) is 76.1 Å². The van der Waals surface area contributed by atoms with E-state index < -0.39 is 8.32 Å². The number of amides is 2. The molecule has 6 nitrogen and oxygen atoms in total. The average molecular weight is 556 g/mol. The number of aromatic nitrogens is 2. The van der Waals surface area contributed by atoms with Crippen LogP contribution in [-0.4, -0.2) is 35.8 Å². The summed E-state index contributed by atoms with van der Waals surface area (Å²) in [6, 6.07) is 13.8. The number of fused-ring (bicyclic) bond motifs is 10. The molecule has 198 valence electrons. The van der Waals surface area contributed by atoms with Crippen LogP contribution in [0.4, 0.5) is 0 Å². The van der Waals surface area contributed by atoms with Crippen LogP contribution in [0.2, 0.25) is 23.2 Å². The SMILES string of the molecule is CC(C)(C)[Si](C)(C)O[C@@H]1C=C[C@H](n2c3ccccc3c3c4c(c5c6ccc(Cl)cc6[nH]c5c32)C(=O)NC4=O)C1. The second-order valence-electron chi connectivity index (χ2n) is 12.3. The fourth-order valence-corrected chi connectivity index (χ4v) is 7.58. The molecule has 2 atom stereocenters. The molecule has 2 amide bonds. The van der Waals surface area contributed by atoms with Crippen molar-refractivity contribution in [2.75, 3.05) is 0 Å². The van der Waals surface area contributed by atoms with Crippen LogP contribution >= 0.6 is 11.6 Å². The molecule has 3 heterocycles. The summed E-state index contributed by atoms with van der Waals surface area (Å²) >= 11 is 6.36. The molecular weight excluding hydrogens is 526 g/mol. The van der Waals surface area contributed by atoms with Crippen molar-refractivity contribution in [2.24, 2.45) is 0 Å². The number of allylic oxidation sites excluding steroid dienone is 1. The Hall–Kier alpha value is -3.39. The van der Waals surface area contributed by atoms with E-state index in [2.05, 4.69) is 67.0 Å². The van der Waals surface area contributed by atoms with Gasteiger partial charge in [0.2, 0.25) is 0 Å². The third-order valence-electron chi connectivity index (χ3n) is 8.94. The zero-order valence-corrected chi connectivity index (χ0v) is 24.4. The van der Waals surface area contributed by atoms with Gasteiger partial charge in [0.25, 0.3) is 11.8 Å². The average Bonchev–Trinajstić information content (AvgIpc) is 3.60. The zero-order valence-electron chi connectivity index (χ0n) is 22.6. The molecular formula is C31H30ClN3O3Si. The quantitative estimate of drug-likeness (QED) is 0.135. The second-order valence-corrected chi connectivity index (χ2v) is 17.5. The highest BCUT2D eigenvalue weighted by molar-refractivity contribution is 6.74. The lowest BCUT2D eigenvalue weighted by atomic mass is 9.96. The molecule has 1 aliphatic heterocycles. The maximum absolute atomic E-state index is 13.3. The number of halogens is 1. The van der Waals surface area contributed by atoms with Crippen molar-refractivity contribution in [3.05, 3.63) is 70.8 Å². The van der Waals surface area contributed by atoms with Crippen molar-refractivity contribution < 1.29 is 14.0 Å². The van der Waals surface area contributed by atoms with E-state index in [-0.39, 0.29) is 29.0 Å². The van der Waals surface area contributed by atoms with Gasteiger partial charge in [-0.15, -0.1) is 0 Å². The highest BCUT2D eigenvalue weighted by atomic mass is 35.5. The molecule has 0 bridgehead atoms. The number of hydrogen-bond acceptors (Lipinski definition) is 3. The molecule has 2 N–H and O–H groups in total. The summed E-state index contributed by atoms with van der Waals surface area (Å²) in [5.74, 6) is -0.715. The number of benzene rings is 3. The molecule has 1 aliphatic carbocycles. The normalized spacial score (nSPS) is 19.7. The summed E-state index contributed by atoms with van der Waals surface area (Å²) in [6.45, 7) is 11.3. The van der Waals surface area contributed by atoms with Crippen molar-refractivity contribution in [3.8, 4) is 0 Å². The predicted octanol–water partition coefficient (Wildman–Crippen LogP) is 7.86. The van der Waals surface area contributed by atoms with Crippen LogP contribution in [0, 0.1) is 0 Å². The molecule has 39 heavy (non-hydrogen) atoms. The van der Waals surface area contributed by atoms with Crippen LogP contribution in [0.3, 0.4) is 0 Å². The first-order valence-corrected chi connectivity index (χ1v) is 16.7. The van der Waals surface area contributed by atoms with Gasteiger partial charge >= 0.3 is 0 Å².